The maximum atomic E-state index is 5.78. The third-order valence-corrected chi connectivity index (χ3v) is 3.38. The SMILES string of the molecule is C[C@@H](CNC(=S)Nc1ccc(Cl)cn1)c1ccccc1. The molecule has 1 aromatic carbocycles. The van der Waals surface area contributed by atoms with Crippen molar-refractivity contribution in [1.29, 1.82) is 0 Å². The molecule has 0 aliphatic heterocycles. The Morgan fingerprint density at radius 2 is 2.00 bits per heavy atom. The summed E-state index contributed by atoms with van der Waals surface area (Å²) in [4.78, 5) is 4.13. The van der Waals surface area contributed by atoms with Gasteiger partial charge in [0.1, 0.15) is 5.82 Å². The highest BCUT2D eigenvalue weighted by atomic mass is 35.5. The number of hydrogen-bond acceptors (Lipinski definition) is 2. The highest BCUT2D eigenvalue weighted by Crippen LogP contribution is 2.13. The standard InChI is InChI=1S/C15H16ClN3S/c1-11(12-5-3-2-4-6-12)9-18-15(20)19-14-8-7-13(16)10-17-14/h2-8,10-11H,9H2,1H3,(H2,17,18,19,20)/t11-/m0/s1. The fourth-order valence-corrected chi connectivity index (χ4v) is 2.06. The molecule has 104 valence electrons. The zero-order chi connectivity index (χ0) is 14.4. The Kier molecular flexibility index (Phi) is 5.32. The zero-order valence-corrected chi connectivity index (χ0v) is 12.7. The van der Waals surface area contributed by atoms with Crippen LogP contribution in [0, 0.1) is 0 Å². The van der Waals surface area contributed by atoms with E-state index in [-0.39, 0.29) is 0 Å². The molecule has 0 saturated carbocycles. The van der Waals surface area contributed by atoms with Crippen molar-refractivity contribution in [3.63, 3.8) is 0 Å². The van der Waals surface area contributed by atoms with Crippen LogP contribution in [-0.2, 0) is 0 Å². The molecule has 0 radical (unpaired) electrons. The van der Waals surface area contributed by atoms with Crippen molar-refractivity contribution in [3.8, 4) is 0 Å². The first kappa shape index (κ1) is 14.8. The second-order valence-electron chi connectivity index (χ2n) is 4.51. The highest BCUT2D eigenvalue weighted by molar-refractivity contribution is 7.80. The topological polar surface area (TPSA) is 37.0 Å². The molecule has 0 fully saturated rings. The van der Waals surface area contributed by atoms with Crippen LogP contribution >= 0.6 is 23.8 Å². The van der Waals surface area contributed by atoms with Gasteiger partial charge in [-0.05, 0) is 35.8 Å². The van der Waals surface area contributed by atoms with Crippen LogP contribution in [0.1, 0.15) is 18.4 Å². The second kappa shape index (κ2) is 7.22. The van der Waals surface area contributed by atoms with Crippen LogP contribution in [0.15, 0.2) is 48.7 Å². The third kappa shape index (κ3) is 4.47. The number of nitrogens with one attached hydrogen (secondary N) is 2. The average molecular weight is 306 g/mol. The van der Waals surface area contributed by atoms with E-state index in [0.717, 1.165) is 6.54 Å². The van der Waals surface area contributed by atoms with Crippen LogP contribution in [0.25, 0.3) is 0 Å². The Morgan fingerprint density at radius 3 is 2.65 bits per heavy atom. The van der Waals surface area contributed by atoms with Gasteiger partial charge in [0.15, 0.2) is 5.11 Å². The minimum absolute atomic E-state index is 0.383. The molecule has 20 heavy (non-hydrogen) atoms. The normalized spacial score (nSPS) is 11.7. The van der Waals surface area contributed by atoms with Gasteiger partial charge in [-0.1, -0.05) is 48.9 Å². The molecular weight excluding hydrogens is 290 g/mol. The van der Waals surface area contributed by atoms with Crippen molar-refractivity contribution in [2.45, 2.75) is 12.8 Å². The number of rotatable bonds is 4. The molecule has 0 bridgehead atoms. The van der Waals surface area contributed by atoms with E-state index >= 15 is 0 Å². The Morgan fingerprint density at radius 1 is 1.25 bits per heavy atom. The number of thiocarbonyl (C=S) groups is 1. The van der Waals surface area contributed by atoms with E-state index in [1.165, 1.54) is 5.56 Å². The van der Waals surface area contributed by atoms with Crippen LogP contribution < -0.4 is 10.6 Å². The number of aromatic nitrogens is 1. The molecule has 1 aromatic heterocycles. The van der Waals surface area contributed by atoms with Crippen LogP contribution in [0.3, 0.4) is 0 Å². The molecule has 0 unspecified atom stereocenters. The molecule has 0 aliphatic rings. The largest absolute Gasteiger partial charge is 0.362 e. The molecule has 1 atom stereocenters. The molecule has 0 amide bonds. The summed E-state index contributed by atoms with van der Waals surface area (Å²) in [6, 6.07) is 13.9. The number of nitrogens with zero attached hydrogens (tertiary/aromatic N) is 1. The summed E-state index contributed by atoms with van der Waals surface area (Å²) in [5.41, 5.74) is 1.28. The van der Waals surface area contributed by atoms with E-state index in [1.54, 1.807) is 18.3 Å². The van der Waals surface area contributed by atoms with Gasteiger partial charge in [-0.25, -0.2) is 4.98 Å². The minimum Gasteiger partial charge on any atom is -0.362 e. The first-order valence-electron chi connectivity index (χ1n) is 6.36. The van der Waals surface area contributed by atoms with E-state index in [4.69, 9.17) is 23.8 Å². The maximum Gasteiger partial charge on any atom is 0.171 e. The Bertz CT molecular complexity index is 557. The Balaban J connectivity index is 1.82. The molecule has 1 heterocycles. The van der Waals surface area contributed by atoms with Gasteiger partial charge < -0.3 is 10.6 Å². The number of benzene rings is 1. The molecule has 3 nitrogen and oxygen atoms in total. The monoisotopic (exact) mass is 305 g/mol. The molecule has 0 aliphatic carbocycles. The summed E-state index contributed by atoms with van der Waals surface area (Å²) in [6.07, 6.45) is 1.58. The number of hydrogen-bond donors (Lipinski definition) is 2. The van der Waals surface area contributed by atoms with Gasteiger partial charge in [-0.15, -0.1) is 0 Å². The van der Waals surface area contributed by atoms with E-state index < -0.39 is 0 Å². The van der Waals surface area contributed by atoms with Crippen LogP contribution in [0.2, 0.25) is 5.02 Å². The lowest BCUT2D eigenvalue weighted by atomic mass is 10.0. The van der Waals surface area contributed by atoms with Gasteiger partial charge in [0, 0.05) is 12.7 Å². The molecule has 0 spiro atoms. The first-order valence-corrected chi connectivity index (χ1v) is 7.15. The van der Waals surface area contributed by atoms with Gasteiger partial charge >= 0.3 is 0 Å². The molecule has 2 N–H and O–H groups in total. The predicted octanol–water partition coefficient (Wildman–Crippen LogP) is 3.83. The lowest BCUT2D eigenvalue weighted by Crippen LogP contribution is -2.31. The first-order chi connectivity index (χ1) is 9.65. The van der Waals surface area contributed by atoms with Gasteiger partial charge in [-0.3, -0.25) is 0 Å². The van der Waals surface area contributed by atoms with Crippen molar-refractivity contribution in [3.05, 3.63) is 59.2 Å². The molecule has 2 rings (SSSR count). The molecule has 2 aromatic rings. The van der Waals surface area contributed by atoms with Crippen molar-refractivity contribution >= 4 is 34.7 Å². The van der Waals surface area contributed by atoms with Crippen molar-refractivity contribution in [1.82, 2.24) is 10.3 Å². The van der Waals surface area contributed by atoms with E-state index in [1.807, 2.05) is 18.2 Å². The zero-order valence-electron chi connectivity index (χ0n) is 11.1. The fraction of sp³-hybridized carbons (Fsp3) is 0.200. The number of pyridine rings is 1. The minimum atomic E-state index is 0.383. The lowest BCUT2D eigenvalue weighted by molar-refractivity contribution is 0.723. The molecule has 5 heteroatoms. The number of halogens is 1. The molecule has 0 saturated heterocycles. The van der Waals surface area contributed by atoms with Crippen LogP contribution in [0.5, 0.6) is 0 Å². The predicted molar refractivity (Wildman–Crippen MR) is 88.3 cm³/mol. The van der Waals surface area contributed by atoms with Gasteiger partial charge in [-0.2, -0.15) is 0 Å². The smallest absolute Gasteiger partial charge is 0.171 e. The quantitative estimate of drug-likeness (QED) is 0.842. The maximum absolute atomic E-state index is 5.78. The summed E-state index contributed by atoms with van der Waals surface area (Å²) in [5, 5.41) is 7.38. The van der Waals surface area contributed by atoms with Gasteiger partial charge in [0.2, 0.25) is 0 Å². The van der Waals surface area contributed by atoms with Crippen molar-refractivity contribution in [2.75, 3.05) is 11.9 Å². The van der Waals surface area contributed by atoms with Crippen molar-refractivity contribution < 1.29 is 0 Å². The van der Waals surface area contributed by atoms with Crippen LogP contribution in [0.4, 0.5) is 5.82 Å². The van der Waals surface area contributed by atoms with E-state index in [2.05, 4.69) is 34.7 Å². The van der Waals surface area contributed by atoms with Gasteiger partial charge in [0.05, 0.1) is 5.02 Å². The average Bonchev–Trinajstić information content (AvgIpc) is 2.48. The summed E-state index contributed by atoms with van der Waals surface area (Å²) < 4.78 is 0. The van der Waals surface area contributed by atoms with E-state index in [0.29, 0.717) is 21.9 Å². The lowest BCUT2D eigenvalue weighted by Gasteiger charge is -2.15. The highest BCUT2D eigenvalue weighted by Gasteiger charge is 2.05. The third-order valence-electron chi connectivity index (χ3n) is 2.91. The van der Waals surface area contributed by atoms with Crippen LogP contribution in [-0.4, -0.2) is 16.6 Å². The van der Waals surface area contributed by atoms with Gasteiger partial charge in [0.25, 0.3) is 0 Å². The summed E-state index contributed by atoms with van der Waals surface area (Å²) >= 11 is 11.0. The number of anilines is 1. The Hall–Kier alpha value is -1.65. The summed E-state index contributed by atoms with van der Waals surface area (Å²) in [5.74, 6) is 1.06. The Labute approximate surface area is 129 Å². The molecular formula is C15H16ClN3S. The second-order valence-corrected chi connectivity index (χ2v) is 5.35. The van der Waals surface area contributed by atoms with Crippen molar-refractivity contribution in [2.24, 2.45) is 0 Å². The summed E-state index contributed by atoms with van der Waals surface area (Å²) in [6.45, 7) is 2.93. The fourth-order valence-electron chi connectivity index (χ4n) is 1.76. The van der Waals surface area contributed by atoms with E-state index in [9.17, 15) is 0 Å². The summed E-state index contributed by atoms with van der Waals surface area (Å²) in [7, 11) is 0.